The van der Waals surface area contributed by atoms with E-state index in [4.69, 9.17) is 11.6 Å². The summed E-state index contributed by atoms with van der Waals surface area (Å²) in [7, 11) is 0. The molecule has 0 atom stereocenters. The van der Waals surface area contributed by atoms with Gasteiger partial charge < -0.3 is 5.32 Å². The standard InChI is InChI=1S/C14H12BrClN2O2/c1-9-2-5-13(14(6-9)18(19)20)17-8-10-7-11(15)3-4-12(10)16/h2-7,17H,8H2,1H3. The number of halogens is 2. The summed E-state index contributed by atoms with van der Waals surface area (Å²) < 4.78 is 0.914. The van der Waals surface area contributed by atoms with Crippen LogP contribution < -0.4 is 5.32 Å². The molecule has 2 aromatic rings. The van der Waals surface area contributed by atoms with Gasteiger partial charge in [-0.05, 0) is 42.3 Å². The molecule has 0 saturated carbocycles. The molecule has 1 N–H and O–H groups in total. The lowest BCUT2D eigenvalue weighted by Gasteiger charge is -2.09. The van der Waals surface area contributed by atoms with Crippen LogP contribution in [0.25, 0.3) is 0 Å². The van der Waals surface area contributed by atoms with E-state index >= 15 is 0 Å². The summed E-state index contributed by atoms with van der Waals surface area (Å²) in [5, 5.41) is 14.7. The lowest BCUT2D eigenvalue weighted by atomic mass is 10.1. The summed E-state index contributed by atoms with van der Waals surface area (Å²) in [4.78, 5) is 10.6. The number of nitrogens with zero attached hydrogens (tertiary/aromatic N) is 1. The number of nitro groups is 1. The first-order chi connectivity index (χ1) is 9.47. The summed E-state index contributed by atoms with van der Waals surface area (Å²) in [6.07, 6.45) is 0. The molecule has 0 bridgehead atoms. The molecular weight excluding hydrogens is 344 g/mol. The Morgan fingerprint density at radius 1 is 1.30 bits per heavy atom. The van der Waals surface area contributed by atoms with Gasteiger partial charge in [0.15, 0.2) is 0 Å². The van der Waals surface area contributed by atoms with Crippen molar-refractivity contribution >= 4 is 38.9 Å². The molecule has 2 aromatic carbocycles. The molecule has 0 heterocycles. The van der Waals surface area contributed by atoms with Crippen molar-refractivity contribution < 1.29 is 4.92 Å². The largest absolute Gasteiger partial charge is 0.375 e. The highest BCUT2D eigenvalue weighted by Gasteiger charge is 2.13. The van der Waals surface area contributed by atoms with E-state index < -0.39 is 4.92 Å². The molecule has 0 spiro atoms. The van der Waals surface area contributed by atoms with Gasteiger partial charge >= 0.3 is 0 Å². The molecule has 6 heteroatoms. The predicted octanol–water partition coefficient (Wildman–Crippen LogP) is 4.93. The summed E-state index contributed by atoms with van der Waals surface area (Å²) in [5.41, 5.74) is 2.27. The van der Waals surface area contributed by atoms with E-state index in [0.717, 1.165) is 15.6 Å². The van der Waals surface area contributed by atoms with Crippen molar-refractivity contribution in [3.05, 3.63) is 67.1 Å². The molecule has 0 amide bonds. The van der Waals surface area contributed by atoms with Gasteiger partial charge in [0.25, 0.3) is 5.69 Å². The van der Waals surface area contributed by atoms with Gasteiger partial charge in [-0.2, -0.15) is 0 Å². The van der Waals surface area contributed by atoms with E-state index in [2.05, 4.69) is 21.2 Å². The number of anilines is 1. The molecule has 0 aliphatic rings. The molecule has 4 nitrogen and oxygen atoms in total. The normalized spacial score (nSPS) is 10.3. The predicted molar refractivity (Wildman–Crippen MR) is 84.3 cm³/mol. The fraction of sp³-hybridized carbons (Fsp3) is 0.143. The van der Waals surface area contributed by atoms with E-state index in [0.29, 0.717) is 17.3 Å². The lowest BCUT2D eigenvalue weighted by molar-refractivity contribution is -0.384. The molecule has 0 aliphatic heterocycles. The van der Waals surface area contributed by atoms with Gasteiger partial charge in [-0.25, -0.2) is 0 Å². The molecule has 0 radical (unpaired) electrons. The van der Waals surface area contributed by atoms with Gasteiger partial charge in [-0.1, -0.05) is 33.6 Å². The average Bonchev–Trinajstić information content (AvgIpc) is 2.40. The highest BCUT2D eigenvalue weighted by molar-refractivity contribution is 9.10. The van der Waals surface area contributed by atoms with Gasteiger partial charge in [0, 0.05) is 22.1 Å². The number of nitro benzene ring substituents is 1. The van der Waals surface area contributed by atoms with Crippen LogP contribution in [0, 0.1) is 17.0 Å². The average molecular weight is 356 g/mol. The maximum Gasteiger partial charge on any atom is 0.292 e. The maximum absolute atomic E-state index is 11.0. The highest BCUT2D eigenvalue weighted by Crippen LogP contribution is 2.27. The Bertz CT molecular complexity index is 662. The third kappa shape index (κ3) is 3.49. The van der Waals surface area contributed by atoms with Crippen LogP contribution in [-0.4, -0.2) is 4.92 Å². The number of rotatable bonds is 4. The van der Waals surface area contributed by atoms with Crippen LogP contribution in [-0.2, 0) is 6.54 Å². The minimum atomic E-state index is -0.391. The molecule has 0 aliphatic carbocycles. The van der Waals surface area contributed by atoms with Gasteiger partial charge in [-0.15, -0.1) is 0 Å². The fourth-order valence-corrected chi connectivity index (χ4v) is 2.40. The quantitative estimate of drug-likeness (QED) is 0.625. The van der Waals surface area contributed by atoms with Gasteiger partial charge in [0.05, 0.1) is 4.92 Å². The van der Waals surface area contributed by atoms with Crippen LogP contribution in [0.2, 0.25) is 5.02 Å². The first-order valence-electron chi connectivity index (χ1n) is 5.90. The van der Waals surface area contributed by atoms with Crippen molar-refractivity contribution in [3.63, 3.8) is 0 Å². The number of benzene rings is 2. The monoisotopic (exact) mass is 354 g/mol. The van der Waals surface area contributed by atoms with Crippen molar-refractivity contribution in [3.8, 4) is 0 Å². The summed E-state index contributed by atoms with van der Waals surface area (Å²) >= 11 is 9.47. The minimum absolute atomic E-state index is 0.0659. The van der Waals surface area contributed by atoms with Crippen LogP contribution in [0.5, 0.6) is 0 Å². The number of aryl methyl sites for hydroxylation is 1. The Kier molecular flexibility index (Phi) is 4.62. The summed E-state index contributed by atoms with van der Waals surface area (Å²) in [6.45, 7) is 2.24. The van der Waals surface area contributed by atoms with Crippen LogP contribution in [0.3, 0.4) is 0 Å². The summed E-state index contributed by atoms with van der Waals surface area (Å²) in [5.74, 6) is 0. The molecule has 104 valence electrons. The summed E-state index contributed by atoms with van der Waals surface area (Å²) in [6, 6.07) is 10.6. The van der Waals surface area contributed by atoms with E-state index in [-0.39, 0.29) is 5.69 Å². The SMILES string of the molecule is Cc1ccc(NCc2cc(Br)ccc2Cl)c([N+](=O)[O-])c1. The van der Waals surface area contributed by atoms with E-state index in [9.17, 15) is 10.1 Å². The van der Waals surface area contributed by atoms with E-state index in [1.807, 2.05) is 25.1 Å². The molecule has 20 heavy (non-hydrogen) atoms. The van der Waals surface area contributed by atoms with Gasteiger partial charge in [0.2, 0.25) is 0 Å². The first kappa shape index (κ1) is 14.8. The number of hydrogen-bond acceptors (Lipinski definition) is 3. The molecule has 0 unspecified atom stereocenters. The Balaban J connectivity index is 2.23. The van der Waals surface area contributed by atoms with Crippen molar-refractivity contribution in [2.24, 2.45) is 0 Å². The van der Waals surface area contributed by atoms with Crippen LogP contribution in [0.1, 0.15) is 11.1 Å². The Morgan fingerprint density at radius 3 is 2.75 bits per heavy atom. The minimum Gasteiger partial charge on any atom is -0.375 e. The van der Waals surface area contributed by atoms with Crippen molar-refractivity contribution in [1.29, 1.82) is 0 Å². The van der Waals surface area contributed by atoms with E-state index in [1.54, 1.807) is 18.2 Å². The molecule has 0 aromatic heterocycles. The third-order valence-electron chi connectivity index (χ3n) is 2.83. The maximum atomic E-state index is 11.0. The highest BCUT2D eigenvalue weighted by atomic mass is 79.9. The number of hydrogen-bond donors (Lipinski definition) is 1. The zero-order valence-electron chi connectivity index (χ0n) is 10.7. The number of nitrogens with one attached hydrogen (secondary N) is 1. The molecule has 2 rings (SSSR count). The first-order valence-corrected chi connectivity index (χ1v) is 7.07. The second kappa shape index (κ2) is 6.24. The van der Waals surface area contributed by atoms with Crippen LogP contribution in [0.4, 0.5) is 11.4 Å². The van der Waals surface area contributed by atoms with Crippen LogP contribution in [0.15, 0.2) is 40.9 Å². The Labute approximate surface area is 130 Å². The smallest absolute Gasteiger partial charge is 0.292 e. The second-order valence-electron chi connectivity index (χ2n) is 4.37. The zero-order valence-corrected chi connectivity index (χ0v) is 13.0. The Morgan fingerprint density at radius 2 is 2.05 bits per heavy atom. The Hall–Kier alpha value is -1.59. The second-order valence-corrected chi connectivity index (χ2v) is 5.69. The van der Waals surface area contributed by atoms with Crippen molar-refractivity contribution in [2.75, 3.05) is 5.32 Å². The van der Waals surface area contributed by atoms with Gasteiger partial charge in [0.1, 0.15) is 5.69 Å². The molecular formula is C14H12BrClN2O2. The topological polar surface area (TPSA) is 55.2 Å². The molecule has 0 saturated heterocycles. The third-order valence-corrected chi connectivity index (χ3v) is 3.69. The lowest BCUT2D eigenvalue weighted by Crippen LogP contribution is -2.03. The van der Waals surface area contributed by atoms with Gasteiger partial charge in [-0.3, -0.25) is 10.1 Å². The van der Waals surface area contributed by atoms with E-state index in [1.165, 1.54) is 0 Å². The zero-order chi connectivity index (χ0) is 14.7. The van der Waals surface area contributed by atoms with Crippen LogP contribution >= 0.6 is 27.5 Å². The van der Waals surface area contributed by atoms with Crippen molar-refractivity contribution in [1.82, 2.24) is 0 Å². The van der Waals surface area contributed by atoms with Crippen molar-refractivity contribution in [2.45, 2.75) is 13.5 Å². The fourth-order valence-electron chi connectivity index (χ4n) is 1.81. The molecule has 0 fully saturated rings.